The highest BCUT2D eigenvalue weighted by molar-refractivity contribution is 9.10. The minimum Gasteiger partial charge on any atom is -0.368 e. The van der Waals surface area contributed by atoms with Crippen LogP contribution in [0.4, 0.5) is 0 Å². The predicted octanol–water partition coefficient (Wildman–Crippen LogP) is 1.31. The molecule has 86 valence electrons. The third-order valence-electron chi connectivity index (χ3n) is 2.03. The number of nitrogens with two attached hydrogens (primary N) is 1. The van der Waals surface area contributed by atoms with Crippen molar-refractivity contribution in [2.45, 2.75) is 6.92 Å². The first kappa shape index (κ1) is 12.7. The Balaban J connectivity index is 2.91. The molecule has 0 bridgehead atoms. The van der Waals surface area contributed by atoms with Crippen LogP contribution in [0.5, 0.6) is 0 Å². The third kappa shape index (κ3) is 3.34. The lowest BCUT2D eigenvalue weighted by Crippen LogP contribution is -2.35. The molecule has 1 rings (SSSR count). The van der Waals surface area contributed by atoms with E-state index >= 15 is 0 Å². The van der Waals surface area contributed by atoms with Gasteiger partial charge in [0.1, 0.15) is 0 Å². The standard InChI is InChI=1S/C11H13BrN2O2/c1-7-3-8(5-9(12)4-7)11(16)14(2)6-10(13)15/h3-5H,6H2,1-2H3,(H2,13,15). The van der Waals surface area contributed by atoms with E-state index < -0.39 is 5.91 Å². The summed E-state index contributed by atoms with van der Waals surface area (Å²) in [7, 11) is 1.54. The number of hydrogen-bond acceptors (Lipinski definition) is 2. The second-order valence-corrected chi connectivity index (χ2v) is 4.56. The van der Waals surface area contributed by atoms with E-state index in [9.17, 15) is 9.59 Å². The average Bonchev–Trinajstić information content (AvgIpc) is 2.13. The highest BCUT2D eigenvalue weighted by atomic mass is 79.9. The minimum atomic E-state index is -0.525. The molecule has 0 aromatic heterocycles. The first-order valence-corrected chi connectivity index (χ1v) is 5.50. The Bertz CT molecular complexity index is 412. The zero-order valence-electron chi connectivity index (χ0n) is 9.16. The number of halogens is 1. The number of benzene rings is 1. The third-order valence-corrected chi connectivity index (χ3v) is 2.49. The van der Waals surface area contributed by atoms with E-state index in [1.54, 1.807) is 19.2 Å². The number of carbonyl (C=O) groups is 2. The molecule has 4 nitrogen and oxygen atoms in total. The monoisotopic (exact) mass is 284 g/mol. The first-order chi connectivity index (χ1) is 7.40. The van der Waals surface area contributed by atoms with E-state index in [-0.39, 0.29) is 12.5 Å². The summed E-state index contributed by atoms with van der Waals surface area (Å²) in [6.07, 6.45) is 0. The van der Waals surface area contributed by atoms with E-state index in [1.807, 2.05) is 13.0 Å². The van der Waals surface area contributed by atoms with Crippen LogP contribution < -0.4 is 5.73 Å². The Labute approximate surface area is 103 Å². The summed E-state index contributed by atoms with van der Waals surface area (Å²) in [5.41, 5.74) is 6.54. The summed E-state index contributed by atoms with van der Waals surface area (Å²) in [6, 6.07) is 5.39. The normalized spacial score (nSPS) is 9.94. The molecule has 16 heavy (non-hydrogen) atoms. The quantitative estimate of drug-likeness (QED) is 0.910. The van der Waals surface area contributed by atoms with Gasteiger partial charge in [-0.2, -0.15) is 0 Å². The number of likely N-dealkylation sites (N-methyl/N-ethyl adjacent to an activating group) is 1. The van der Waals surface area contributed by atoms with Gasteiger partial charge in [0, 0.05) is 17.1 Å². The summed E-state index contributed by atoms with van der Waals surface area (Å²) in [4.78, 5) is 23.9. The molecule has 0 spiro atoms. The van der Waals surface area contributed by atoms with Crippen LogP contribution in [0.25, 0.3) is 0 Å². The van der Waals surface area contributed by atoms with Crippen LogP contribution >= 0.6 is 15.9 Å². The van der Waals surface area contributed by atoms with Gasteiger partial charge < -0.3 is 10.6 Å². The van der Waals surface area contributed by atoms with Crippen LogP contribution in [0, 0.1) is 6.92 Å². The van der Waals surface area contributed by atoms with Gasteiger partial charge >= 0.3 is 0 Å². The zero-order valence-corrected chi connectivity index (χ0v) is 10.7. The zero-order chi connectivity index (χ0) is 12.3. The summed E-state index contributed by atoms with van der Waals surface area (Å²) in [5.74, 6) is -0.745. The molecule has 0 aliphatic rings. The Morgan fingerprint density at radius 1 is 1.38 bits per heavy atom. The van der Waals surface area contributed by atoms with Gasteiger partial charge in [0.25, 0.3) is 5.91 Å². The topological polar surface area (TPSA) is 63.4 Å². The molecule has 0 saturated heterocycles. The second kappa shape index (κ2) is 5.12. The molecule has 0 fully saturated rings. The molecule has 0 aliphatic carbocycles. The van der Waals surface area contributed by atoms with Gasteiger partial charge in [-0.25, -0.2) is 0 Å². The Kier molecular flexibility index (Phi) is 4.06. The minimum absolute atomic E-state index is 0.0790. The van der Waals surface area contributed by atoms with Gasteiger partial charge in [-0.3, -0.25) is 9.59 Å². The van der Waals surface area contributed by atoms with E-state index in [1.165, 1.54) is 4.90 Å². The predicted molar refractivity (Wildman–Crippen MR) is 65.0 cm³/mol. The van der Waals surface area contributed by atoms with Crippen molar-refractivity contribution in [2.75, 3.05) is 13.6 Å². The number of rotatable bonds is 3. The number of primary amides is 1. The van der Waals surface area contributed by atoms with Gasteiger partial charge in [0.2, 0.25) is 5.91 Å². The average molecular weight is 285 g/mol. The van der Waals surface area contributed by atoms with Crippen molar-refractivity contribution < 1.29 is 9.59 Å². The molecular formula is C11H13BrN2O2. The lowest BCUT2D eigenvalue weighted by atomic mass is 10.1. The lowest BCUT2D eigenvalue weighted by Gasteiger charge is -2.15. The van der Waals surface area contributed by atoms with E-state index in [4.69, 9.17) is 5.73 Å². The lowest BCUT2D eigenvalue weighted by molar-refractivity contribution is -0.118. The molecule has 0 unspecified atom stereocenters. The first-order valence-electron chi connectivity index (χ1n) is 4.71. The van der Waals surface area contributed by atoms with Gasteiger partial charge in [0.15, 0.2) is 0 Å². The number of carbonyl (C=O) groups excluding carboxylic acids is 2. The molecule has 1 aromatic rings. The molecule has 0 saturated carbocycles. The van der Waals surface area contributed by atoms with Crippen molar-refractivity contribution in [3.63, 3.8) is 0 Å². The molecule has 0 radical (unpaired) electrons. The molecule has 5 heteroatoms. The van der Waals surface area contributed by atoms with Crippen LogP contribution in [-0.4, -0.2) is 30.3 Å². The van der Waals surface area contributed by atoms with Gasteiger partial charge in [0.05, 0.1) is 6.54 Å². The fourth-order valence-electron chi connectivity index (χ4n) is 1.39. The summed E-state index contributed by atoms with van der Waals surface area (Å²) in [6.45, 7) is 1.82. The highest BCUT2D eigenvalue weighted by Gasteiger charge is 2.14. The van der Waals surface area contributed by atoms with E-state index in [0.29, 0.717) is 5.56 Å². The van der Waals surface area contributed by atoms with Gasteiger partial charge in [-0.15, -0.1) is 0 Å². The maximum atomic E-state index is 11.9. The number of nitrogens with zero attached hydrogens (tertiary/aromatic N) is 1. The van der Waals surface area contributed by atoms with Crippen LogP contribution in [-0.2, 0) is 4.79 Å². The smallest absolute Gasteiger partial charge is 0.254 e. The summed E-state index contributed by atoms with van der Waals surface area (Å²) in [5, 5.41) is 0. The molecule has 1 aromatic carbocycles. The Morgan fingerprint density at radius 2 is 2.00 bits per heavy atom. The van der Waals surface area contributed by atoms with Crippen molar-refractivity contribution in [2.24, 2.45) is 5.73 Å². The summed E-state index contributed by atoms with van der Waals surface area (Å²) >= 11 is 3.32. The maximum absolute atomic E-state index is 11.9. The van der Waals surface area contributed by atoms with Crippen molar-refractivity contribution in [3.05, 3.63) is 33.8 Å². The fraction of sp³-hybridized carbons (Fsp3) is 0.273. The number of aryl methyl sites for hydroxylation is 1. The molecule has 0 heterocycles. The Morgan fingerprint density at radius 3 is 2.50 bits per heavy atom. The highest BCUT2D eigenvalue weighted by Crippen LogP contribution is 2.16. The molecular weight excluding hydrogens is 272 g/mol. The Hall–Kier alpha value is -1.36. The number of amides is 2. The van der Waals surface area contributed by atoms with E-state index in [0.717, 1.165) is 10.0 Å². The summed E-state index contributed by atoms with van der Waals surface area (Å²) < 4.78 is 0.836. The largest absolute Gasteiger partial charge is 0.368 e. The van der Waals surface area contributed by atoms with Crippen molar-refractivity contribution in [1.29, 1.82) is 0 Å². The second-order valence-electron chi connectivity index (χ2n) is 3.64. The molecule has 0 aliphatic heterocycles. The van der Waals surface area contributed by atoms with Crippen LogP contribution in [0.1, 0.15) is 15.9 Å². The van der Waals surface area contributed by atoms with E-state index in [2.05, 4.69) is 15.9 Å². The maximum Gasteiger partial charge on any atom is 0.254 e. The number of hydrogen-bond donors (Lipinski definition) is 1. The van der Waals surface area contributed by atoms with Gasteiger partial charge in [-0.05, 0) is 30.7 Å². The molecule has 2 N–H and O–H groups in total. The van der Waals surface area contributed by atoms with Crippen LogP contribution in [0.3, 0.4) is 0 Å². The molecule has 2 amide bonds. The fourth-order valence-corrected chi connectivity index (χ4v) is 1.99. The van der Waals surface area contributed by atoms with Crippen molar-refractivity contribution >= 4 is 27.7 Å². The van der Waals surface area contributed by atoms with Crippen LogP contribution in [0.15, 0.2) is 22.7 Å². The van der Waals surface area contributed by atoms with Crippen molar-refractivity contribution in [3.8, 4) is 0 Å². The van der Waals surface area contributed by atoms with Crippen LogP contribution in [0.2, 0.25) is 0 Å². The SMILES string of the molecule is Cc1cc(Br)cc(C(=O)N(C)CC(N)=O)c1. The van der Waals surface area contributed by atoms with Gasteiger partial charge in [-0.1, -0.05) is 15.9 Å². The van der Waals surface area contributed by atoms with Crippen molar-refractivity contribution in [1.82, 2.24) is 4.90 Å². The molecule has 0 atom stereocenters.